The second-order valence-corrected chi connectivity index (χ2v) is 4.20. The van der Waals surface area contributed by atoms with Crippen LogP contribution in [-0.4, -0.2) is 19.8 Å². The lowest BCUT2D eigenvalue weighted by Crippen LogP contribution is -2.12. The zero-order chi connectivity index (χ0) is 15.7. The largest absolute Gasteiger partial charge is 0.453 e. The zero-order valence-electron chi connectivity index (χ0n) is 10.7. The highest BCUT2D eigenvalue weighted by Gasteiger charge is 2.37. The first-order valence-electron chi connectivity index (χ1n) is 5.95. The predicted octanol–water partition coefficient (Wildman–Crippen LogP) is 2.81. The molecule has 0 aliphatic heterocycles. The summed E-state index contributed by atoms with van der Waals surface area (Å²) in [6, 6.07) is 10.8. The minimum atomic E-state index is -4.67. The quantitative estimate of drug-likeness (QED) is 0.727. The summed E-state index contributed by atoms with van der Waals surface area (Å²) in [6.07, 6.45) is -4.67. The number of hydrogen-bond acceptors (Lipinski definition) is 5. The molecule has 0 amide bonds. The molecule has 1 aromatic carbocycles. The van der Waals surface area contributed by atoms with Crippen LogP contribution in [0.5, 0.6) is 11.6 Å². The predicted molar refractivity (Wildman–Crippen MR) is 67.0 cm³/mol. The lowest BCUT2D eigenvalue weighted by Gasteiger charge is -2.06. The van der Waals surface area contributed by atoms with Gasteiger partial charge >= 0.3 is 6.18 Å². The van der Waals surface area contributed by atoms with Crippen molar-refractivity contribution in [3.63, 3.8) is 0 Å². The summed E-state index contributed by atoms with van der Waals surface area (Å²) in [6.45, 7) is 0. The van der Waals surface area contributed by atoms with Gasteiger partial charge in [-0.15, -0.1) is 15.3 Å². The number of aromatic nitrogens is 4. The van der Waals surface area contributed by atoms with E-state index in [9.17, 15) is 13.2 Å². The van der Waals surface area contributed by atoms with Gasteiger partial charge in [0.25, 0.3) is 5.82 Å². The summed E-state index contributed by atoms with van der Waals surface area (Å²) in [7, 11) is 0. The molecule has 2 aromatic heterocycles. The van der Waals surface area contributed by atoms with E-state index in [1.807, 2.05) is 6.07 Å². The maximum absolute atomic E-state index is 12.8. The van der Waals surface area contributed by atoms with Crippen LogP contribution in [0.2, 0.25) is 0 Å². The number of ether oxygens (including phenoxy) is 1. The molecule has 3 rings (SSSR count). The van der Waals surface area contributed by atoms with Crippen LogP contribution in [0.1, 0.15) is 11.4 Å². The monoisotopic (exact) mass is 305 g/mol. The molecule has 0 N–H and O–H groups in total. The van der Waals surface area contributed by atoms with Crippen molar-refractivity contribution < 1.29 is 17.9 Å². The van der Waals surface area contributed by atoms with Gasteiger partial charge in [0.1, 0.15) is 5.75 Å². The lowest BCUT2D eigenvalue weighted by molar-refractivity contribution is -0.146. The fourth-order valence-corrected chi connectivity index (χ4v) is 1.75. The van der Waals surface area contributed by atoms with E-state index in [4.69, 9.17) is 10.00 Å². The molecule has 110 valence electrons. The van der Waals surface area contributed by atoms with Gasteiger partial charge in [0, 0.05) is 6.07 Å². The smallest absolute Gasteiger partial charge is 0.438 e. The Hall–Kier alpha value is -3.15. The third-order valence-corrected chi connectivity index (χ3v) is 2.68. The van der Waals surface area contributed by atoms with Crippen molar-refractivity contribution in [2.24, 2.45) is 0 Å². The molecule has 3 aromatic rings. The molecule has 0 fully saturated rings. The van der Waals surface area contributed by atoms with E-state index in [2.05, 4.69) is 15.3 Å². The van der Waals surface area contributed by atoms with Crippen molar-refractivity contribution in [1.82, 2.24) is 19.8 Å². The summed E-state index contributed by atoms with van der Waals surface area (Å²) in [5.74, 6) is -1.03. The Kier molecular flexibility index (Phi) is 3.14. The molecular weight excluding hydrogens is 299 g/mol. The van der Waals surface area contributed by atoms with Gasteiger partial charge in [-0.3, -0.25) is 0 Å². The van der Waals surface area contributed by atoms with Gasteiger partial charge in [-0.1, -0.05) is 6.07 Å². The highest BCUT2D eigenvalue weighted by Crippen LogP contribution is 2.28. The normalized spacial score (nSPS) is 11.4. The van der Waals surface area contributed by atoms with Gasteiger partial charge in [-0.25, -0.2) is 0 Å². The van der Waals surface area contributed by atoms with E-state index in [0.29, 0.717) is 10.1 Å². The first-order valence-corrected chi connectivity index (χ1v) is 5.95. The third-order valence-electron chi connectivity index (χ3n) is 2.68. The summed E-state index contributed by atoms with van der Waals surface area (Å²) < 4.78 is 44.2. The van der Waals surface area contributed by atoms with Gasteiger partial charge < -0.3 is 4.74 Å². The molecule has 0 unspecified atom stereocenters. The van der Waals surface area contributed by atoms with Gasteiger partial charge in [-0.2, -0.15) is 22.9 Å². The highest BCUT2D eigenvalue weighted by molar-refractivity contribution is 5.40. The van der Waals surface area contributed by atoms with E-state index in [-0.39, 0.29) is 17.3 Å². The Bertz CT molecular complexity index is 881. The molecule has 0 atom stereocenters. The summed E-state index contributed by atoms with van der Waals surface area (Å²) in [5, 5.41) is 19.0. The average molecular weight is 305 g/mol. The van der Waals surface area contributed by atoms with Gasteiger partial charge in [0.15, 0.2) is 5.65 Å². The van der Waals surface area contributed by atoms with Crippen LogP contribution >= 0.6 is 0 Å². The molecule has 0 aliphatic rings. The standard InChI is InChI=1S/C13H6F3N5O/c14-13(15,16)12-19-18-10-4-5-11(20-21(10)12)22-9-3-1-2-8(6-9)7-17/h1-6H. The first kappa shape index (κ1) is 13.8. The molecule has 22 heavy (non-hydrogen) atoms. The number of nitrogens with zero attached hydrogens (tertiary/aromatic N) is 5. The van der Waals surface area contributed by atoms with Crippen molar-refractivity contribution in [2.45, 2.75) is 6.18 Å². The van der Waals surface area contributed by atoms with Crippen LogP contribution in [0.15, 0.2) is 36.4 Å². The Morgan fingerprint density at radius 2 is 1.95 bits per heavy atom. The fourth-order valence-electron chi connectivity index (χ4n) is 1.75. The number of rotatable bonds is 2. The number of alkyl halides is 3. The lowest BCUT2D eigenvalue weighted by atomic mass is 10.2. The topological polar surface area (TPSA) is 76.1 Å². The highest BCUT2D eigenvalue weighted by atomic mass is 19.4. The number of nitriles is 1. The molecule has 0 bridgehead atoms. The fraction of sp³-hybridized carbons (Fsp3) is 0.0769. The van der Waals surface area contributed by atoms with Crippen molar-refractivity contribution in [1.29, 1.82) is 5.26 Å². The Morgan fingerprint density at radius 1 is 1.14 bits per heavy atom. The van der Waals surface area contributed by atoms with Gasteiger partial charge in [0.05, 0.1) is 11.6 Å². The van der Waals surface area contributed by atoms with Crippen molar-refractivity contribution >= 4 is 5.65 Å². The Balaban J connectivity index is 1.99. The van der Waals surface area contributed by atoms with Crippen molar-refractivity contribution in [2.75, 3.05) is 0 Å². The Labute approximate surface area is 121 Å². The van der Waals surface area contributed by atoms with Crippen molar-refractivity contribution in [3.8, 4) is 17.7 Å². The van der Waals surface area contributed by atoms with E-state index >= 15 is 0 Å². The van der Waals surface area contributed by atoms with E-state index in [0.717, 1.165) is 0 Å². The van der Waals surface area contributed by atoms with Crippen LogP contribution in [0.25, 0.3) is 5.65 Å². The molecule has 0 aliphatic carbocycles. The molecule has 2 heterocycles. The molecule has 0 saturated heterocycles. The van der Waals surface area contributed by atoms with Gasteiger partial charge in [0.2, 0.25) is 5.88 Å². The maximum Gasteiger partial charge on any atom is 0.453 e. The van der Waals surface area contributed by atoms with Crippen LogP contribution < -0.4 is 4.74 Å². The summed E-state index contributed by atoms with van der Waals surface area (Å²) in [5.41, 5.74) is 0.310. The maximum atomic E-state index is 12.8. The summed E-state index contributed by atoms with van der Waals surface area (Å²) in [4.78, 5) is 0. The van der Waals surface area contributed by atoms with Crippen molar-refractivity contribution in [3.05, 3.63) is 47.8 Å². The molecule has 9 heteroatoms. The second kappa shape index (κ2) is 5.00. The molecule has 6 nitrogen and oxygen atoms in total. The second-order valence-electron chi connectivity index (χ2n) is 4.20. The van der Waals surface area contributed by atoms with Gasteiger partial charge in [-0.05, 0) is 24.3 Å². The van der Waals surface area contributed by atoms with E-state index in [1.165, 1.54) is 18.2 Å². The van der Waals surface area contributed by atoms with Crippen LogP contribution in [-0.2, 0) is 6.18 Å². The minimum absolute atomic E-state index is 0.0505. The molecule has 0 saturated carbocycles. The number of benzene rings is 1. The first-order chi connectivity index (χ1) is 10.5. The zero-order valence-corrected chi connectivity index (χ0v) is 10.7. The molecule has 0 spiro atoms. The van der Waals surface area contributed by atoms with Crippen LogP contribution in [0, 0.1) is 11.3 Å². The average Bonchev–Trinajstić information content (AvgIpc) is 2.90. The number of fused-ring (bicyclic) bond motifs is 1. The number of halogens is 3. The van der Waals surface area contributed by atoms with Crippen LogP contribution in [0.4, 0.5) is 13.2 Å². The molecular formula is C13H6F3N5O. The van der Waals surface area contributed by atoms with Crippen LogP contribution in [0.3, 0.4) is 0 Å². The number of hydrogen-bond donors (Lipinski definition) is 0. The molecule has 0 radical (unpaired) electrons. The van der Waals surface area contributed by atoms with E-state index in [1.54, 1.807) is 18.2 Å². The third kappa shape index (κ3) is 2.54. The summed E-state index contributed by atoms with van der Waals surface area (Å²) >= 11 is 0. The minimum Gasteiger partial charge on any atom is -0.438 e. The Morgan fingerprint density at radius 3 is 2.68 bits per heavy atom. The SMILES string of the molecule is N#Cc1cccc(Oc2ccc3nnc(C(F)(F)F)n3n2)c1. The van der Waals surface area contributed by atoms with E-state index < -0.39 is 12.0 Å².